The third-order valence-corrected chi connectivity index (χ3v) is 2.94. The van der Waals surface area contributed by atoms with Crippen molar-refractivity contribution >= 4 is 0 Å². The van der Waals surface area contributed by atoms with Crippen LogP contribution in [0.4, 0.5) is 0 Å². The van der Waals surface area contributed by atoms with Gasteiger partial charge in [0.15, 0.2) is 0 Å². The molecule has 3 unspecified atom stereocenters. The summed E-state index contributed by atoms with van der Waals surface area (Å²) in [6.45, 7) is 5.52. The number of hydrogen-bond acceptors (Lipinski definition) is 3. The Morgan fingerprint density at radius 3 is 2.31 bits per heavy atom. The molecule has 0 bridgehead atoms. The van der Waals surface area contributed by atoms with Crippen molar-refractivity contribution in [2.45, 2.75) is 45.3 Å². The highest BCUT2D eigenvalue weighted by molar-refractivity contribution is 5.35. The van der Waals surface area contributed by atoms with E-state index in [1.807, 2.05) is 19.9 Å². The van der Waals surface area contributed by atoms with Gasteiger partial charge in [-0.1, -0.05) is 13.0 Å². The summed E-state index contributed by atoms with van der Waals surface area (Å²) >= 11 is 0. The van der Waals surface area contributed by atoms with Crippen LogP contribution in [0, 0.1) is 6.92 Å². The number of benzene rings is 1. The molecule has 1 aromatic rings. The number of phenols is 1. The Bertz CT molecular complexity index is 347. The Kier molecular flexibility index (Phi) is 4.33. The van der Waals surface area contributed by atoms with E-state index in [0.29, 0.717) is 6.42 Å². The van der Waals surface area contributed by atoms with Crippen LogP contribution in [0.3, 0.4) is 0 Å². The summed E-state index contributed by atoms with van der Waals surface area (Å²) in [6, 6.07) is 5.22. The fraction of sp³-hybridized carbons (Fsp3) is 0.538. The summed E-state index contributed by atoms with van der Waals surface area (Å²) in [4.78, 5) is 0. The first kappa shape index (κ1) is 13.0. The van der Waals surface area contributed by atoms with Crippen LogP contribution in [0.1, 0.15) is 37.3 Å². The number of aliphatic hydroxyl groups excluding tert-OH is 2. The zero-order valence-electron chi connectivity index (χ0n) is 10.0. The highest BCUT2D eigenvalue weighted by Gasteiger charge is 2.17. The molecule has 0 aliphatic heterocycles. The van der Waals surface area contributed by atoms with Gasteiger partial charge < -0.3 is 15.3 Å². The van der Waals surface area contributed by atoms with Crippen molar-refractivity contribution in [1.82, 2.24) is 0 Å². The van der Waals surface area contributed by atoms with E-state index in [2.05, 4.69) is 0 Å². The molecule has 1 rings (SSSR count). The lowest BCUT2D eigenvalue weighted by Gasteiger charge is -2.20. The predicted molar refractivity (Wildman–Crippen MR) is 63.6 cm³/mol. The topological polar surface area (TPSA) is 60.7 Å². The van der Waals surface area contributed by atoms with Crippen molar-refractivity contribution in [1.29, 1.82) is 0 Å². The van der Waals surface area contributed by atoms with Gasteiger partial charge in [0.05, 0.1) is 12.2 Å². The van der Waals surface area contributed by atoms with E-state index < -0.39 is 12.2 Å². The van der Waals surface area contributed by atoms with Gasteiger partial charge >= 0.3 is 0 Å². The number of aryl methyl sites for hydroxylation is 1. The maximum atomic E-state index is 9.60. The Labute approximate surface area is 96.4 Å². The van der Waals surface area contributed by atoms with Crippen molar-refractivity contribution in [3.05, 3.63) is 29.3 Å². The predicted octanol–water partition coefficient (Wildman–Crippen LogP) is 1.94. The maximum Gasteiger partial charge on any atom is 0.115 e. The Balaban J connectivity index is 2.76. The lowest BCUT2D eigenvalue weighted by atomic mass is 9.90. The highest BCUT2D eigenvalue weighted by Crippen LogP contribution is 2.27. The number of aromatic hydroxyl groups is 1. The van der Waals surface area contributed by atoms with Crippen molar-refractivity contribution < 1.29 is 15.3 Å². The van der Waals surface area contributed by atoms with E-state index in [1.165, 1.54) is 0 Å². The molecule has 3 atom stereocenters. The average molecular weight is 224 g/mol. The van der Waals surface area contributed by atoms with Crippen LogP contribution in [0.15, 0.2) is 18.2 Å². The molecular formula is C13H20O3. The number of aliphatic hydroxyl groups is 2. The molecule has 0 aliphatic carbocycles. The van der Waals surface area contributed by atoms with Gasteiger partial charge in [-0.3, -0.25) is 0 Å². The first-order chi connectivity index (χ1) is 7.41. The van der Waals surface area contributed by atoms with E-state index in [1.54, 1.807) is 19.1 Å². The molecular weight excluding hydrogens is 204 g/mol. The van der Waals surface area contributed by atoms with Gasteiger partial charge in [0.1, 0.15) is 5.75 Å². The molecule has 0 radical (unpaired) electrons. The highest BCUT2D eigenvalue weighted by atomic mass is 16.3. The van der Waals surface area contributed by atoms with E-state index >= 15 is 0 Å². The van der Waals surface area contributed by atoms with Gasteiger partial charge in [0.2, 0.25) is 0 Å². The number of rotatable bonds is 4. The Morgan fingerprint density at radius 2 is 1.81 bits per heavy atom. The van der Waals surface area contributed by atoms with Gasteiger partial charge in [-0.05, 0) is 49.4 Å². The number of phenolic OH excluding ortho intramolecular Hbond substituents is 1. The second kappa shape index (κ2) is 5.32. The third-order valence-electron chi connectivity index (χ3n) is 2.94. The largest absolute Gasteiger partial charge is 0.508 e. The first-order valence-corrected chi connectivity index (χ1v) is 5.57. The Hall–Kier alpha value is -1.06. The van der Waals surface area contributed by atoms with E-state index in [0.717, 1.165) is 11.1 Å². The second-order valence-corrected chi connectivity index (χ2v) is 4.49. The standard InChI is InChI=1S/C13H20O3/c1-8-6-11(15)4-5-12(8)9(2)7-13(16)10(3)14/h4-6,9-10,13-16H,7H2,1-3H3. The molecule has 0 aromatic heterocycles. The molecule has 0 fully saturated rings. The van der Waals surface area contributed by atoms with Crippen LogP contribution < -0.4 is 0 Å². The fourth-order valence-electron chi connectivity index (χ4n) is 1.90. The molecule has 3 N–H and O–H groups in total. The van der Waals surface area contributed by atoms with Crippen LogP contribution in [-0.2, 0) is 0 Å². The van der Waals surface area contributed by atoms with Crippen LogP contribution in [0.25, 0.3) is 0 Å². The van der Waals surface area contributed by atoms with Crippen molar-refractivity contribution in [3.63, 3.8) is 0 Å². The summed E-state index contributed by atoms with van der Waals surface area (Å²) in [5.41, 5.74) is 2.10. The lowest BCUT2D eigenvalue weighted by molar-refractivity contribution is 0.0227. The minimum Gasteiger partial charge on any atom is -0.508 e. The SMILES string of the molecule is Cc1cc(O)ccc1C(C)CC(O)C(C)O. The van der Waals surface area contributed by atoms with Crippen molar-refractivity contribution in [3.8, 4) is 5.75 Å². The van der Waals surface area contributed by atoms with Crippen LogP contribution >= 0.6 is 0 Å². The van der Waals surface area contributed by atoms with Crippen LogP contribution in [-0.4, -0.2) is 27.5 Å². The maximum absolute atomic E-state index is 9.60. The summed E-state index contributed by atoms with van der Waals surface area (Å²) in [5.74, 6) is 0.412. The smallest absolute Gasteiger partial charge is 0.115 e. The van der Waals surface area contributed by atoms with E-state index in [-0.39, 0.29) is 11.7 Å². The molecule has 1 aromatic carbocycles. The van der Waals surface area contributed by atoms with E-state index in [9.17, 15) is 15.3 Å². The first-order valence-electron chi connectivity index (χ1n) is 5.57. The van der Waals surface area contributed by atoms with Gasteiger partial charge in [0, 0.05) is 0 Å². The fourth-order valence-corrected chi connectivity index (χ4v) is 1.90. The Morgan fingerprint density at radius 1 is 1.19 bits per heavy atom. The van der Waals surface area contributed by atoms with Gasteiger partial charge in [-0.25, -0.2) is 0 Å². The minimum atomic E-state index is -0.708. The summed E-state index contributed by atoms with van der Waals surface area (Å²) < 4.78 is 0. The summed E-state index contributed by atoms with van der Waals surface area (Å²) in [7, 11) is 0. The molecule has 0 aliphatic rings. The normalized spacial score (nSPS) is 16.8. The van der Waals surface area contributed by atoms with Gasteiger partial charge in [0.25, 0.3) is 0 Å². The third kappa shape index (κ3) is 3.22. The molecule has 0 spiro atoms. The average Bonchev–Trinajstić information content (AvgIpc) is 2.16. The number of hydrogen-bond donors (Lipinski definition) is 3. The quantitative estimate of drug-likeness (QED) is 0.732. The molecule has 0 saturated carbocycles. The van der Waals surface area contributed by atoms with Gasteiger partial charge in [-0.2, -0.15) is 0 Å². The molecule has 90 valence electrons. The van der Waals surface area contributed by atoms with Crippen molar-refractivity contribution in [2.75, 3.05) is 0 Å². The zero-order valence-corrected chi connectivity index (χ0v) is 10.0. The van der Waals surface area contributed by atoms with Crippen LogP contribution in [0.2, 0.25) is 0 Å². The summed E-state index contributed by atoms with van der Waals surface area (Å²) in [5, 5.41) is 28.1. The molecule has 3 heteroatoms. The molecule has 16 heavy (non-hydrogen) atoms. The lowest BCUT2D eigenvalue weighted by Crippen LogP contribution is -2.24. The van der Waals surface area contributed by atoms with Gasteiger partial charge in [-0.15, -0.1) is 0 Å². The minimum absolute atomic E-state index is 0.158. The zero-order chi connectivity index (χ0) is 12.3. The van der Waals surface area contributed by atoms with Crippen molar-refractivity contribution in [2.24, 2.45) is 0 Å². The monoisotopic (exact) mass is 224 g/mol. The molecule has 3 nitrogen and oxygen atoms in total. The molecule has 0 saturated heterocycles. The molecule has 0 amide bonds. The summed E-state index contributed by atoms with van der Waals surface area (Å²) in [6.07, 6.45) is -0.897. The van der Waals surface area contributed by atoms with E-state index in [4.69, 9.17) is 0 Å². The second-order valence-electron chi connectivity index (χ2n) is 4.49. The molecule has 0 heterocycles. The van der Waals surface area contributed by atoms with Crippen LogP contribution in [0.5, 0.6) is 5.75 Å².